The Hall–Kier alpha value is -1.74. The number of nitrogen functional groups attached to an aromatic ring is 1. The van der Waals surface area contributed by atoms with E-state index in [0.29, 0.717) is 44.0 Å². The van der Waals surface area contributed by atoms with Gasteiger partial charge in [-0.25, -0.2) is 15.0 Å². The smallest absolute Gasteiger partial charge is 0.317 e. The molecule has 2 aromatic rings. The van der Waals surface area contributed by atoms with Crippen LogP contribution in [0.2, 0.25) is 0 Å². The molecule has 5 atom stereocenters. The number of hydrogen-bond acceptors (Lipinski definition) is 12. The molecule has 3 unspecified atom stereocenters. The first-order valence-electron chi connectivity index (χ1n) is 10.4. The van der Waals surface area contributed by atoms with Gasteiger partial charge in [0.25, 0.3) is 0 Å². The maximum Gasteiger partial charge on any atom is 0.317 e. The molecule has 0 saturated carbocycles. The monoisotopic (exact) mass is 490 g/mol. The summed E-state index contributed by atoms with van der Waals surface area (Å²) in [5, 5.41) is 9.81. The number of imidazole rings is 1. The van der Waals surface area contributed by atoms with E-state index < -0.39 is 39.4 Å². The van der Waals surface area contributed by atoms with Gasteiger partial charge >= 0.3 is 8.25 Å². The number of nitrogens with zero attached hydrogens (tertiary/aromatic N) is 5. The minimum absolute atomic E-state index is 0.202. The third-order valence-corrected chi connectivity index (χ3v) is 5.78. The Balaban J connectivity index is 1.80. The molecule has 0 amide bonds. The van der Waals surface area contributed by atoms with Gasteiger partial charge in [0.2, 0.25) is 0 Å². The van der Waals surface area contributed by atoms with E-state index in [1.165, 1.54) is 12.7 Å². The highest BCUT2D eigenvalue weighted by atomic mass is 31.1. The maximum absolute atomic E-state index is 11.5. The second-order valence-electron chi connectivity index (χ2n) is 7.34. The fourth-order valence-electron chi connectivity index (χ4n) is 3.67. The lowest BCUT2D eigenvalue weighted by molar-refractivity contribution is -0.0735. The van der Waals surface area contributed by atoms with Crippen LogP contribution in [0.25, 0.3) is 11.2 Å². The normalized spacial score (nSPS) is 24.2. The molecule has 186 valence electrons. The van der Waals surface area contributed by atoms with Gasteiger partial charge in [-0.3, -0.25) is 14.0 Å². The summed E-state index contributed by atoms with van der Waals surface area (Å²) in [7, 11) is -0.0712. The van der Waals surface area contributed by atoms with E-state index >= 15 is 0 Å². The number of nitrogens with two attached hydrogens (primary N) is 1. The van der Waals surface area contributed by atoms with E-state index in [9.17, 15) is 14.6 Å². The molecule has 3 rings (SSSR count). The molecule has 33 heavy (non-hydrogen) atoms. The number of fused-ring (bicyclic) bond motifs is 1. The summed E-state index contributed by atoms with van der Waals surface area (Å²) in [5.74, 6) is 0.202. The van der Waals surface area contributed by atoms with Gasteiger partial charge in [-0.05, 0) is 0 Å². The first-order valence-corrected chi connectivity index (χ1v) is 11.7. The summed E-state index contributed by atoms with van der Waals surface area (Å²) in [5.41, 5.74) is 6.66. The molecule has 15 heteroatoms. The van der Waals surface area contributed by atoms with Gasteiger partial charge in [0, 0.05) is 33.9 Å². The molecule has 0 bridgehead atoms. The number of hydrogen-bond donors (Lipinski definition) is 3. The van der Waals surface area contributed by atoms with Crippen molar-refractivity contribution in [2.24, 2.45) is 0 Å². The fraction of sp³-hybridized carbons (Fsp3) is 0.722. The van der Waals surface area contributed by atoms with Crippen molar-refractivity contribution in [1.29, 1.82) is 0 Å². The van der Waals surface area contributed by atoms with Crippen molar-refractivity contribution in [3.63, 3.8) is 0 Å². The number of anilines is 1. The Morgan fingerprint density at radius 1 is 1.15 bits per heavy atom. The average Bonchev–Trinajstić information content (AvgIpc) is 3.37. The van der Waals surface area contributed by atoms with Gasteiger partial charge in [0.05, 0.1) is 32.8 Å². The summed E-state index contributed by atoms with van der Waals surface area (Å²) >= 11 is 0. The molecule has 1 aliphatic rings. The lowest BCUT2D eigenvalue weighted by Crippen LogP contribution is -2.39. The van der Waals surface area contributed by atoms with E-state index in [2.05, 4.69) is 19.9 Å². The Kier molecular flexibility index (Phi) is 9.92. The Morgan fingerprint density at radius 3 is 2.48 bits per heavy atom. The number of aromatic nitrogens is 4. The van der Waals surface area contributed by atoms with Crippen molar-refractivity contribution in [3.8, 4) is 0 Å². The molecule has 1 saturated heterocycles. The molecule has 1 aliphatic heterocycles. The molecule has 0 spiro atoms. The lowest BCUT2D eigenvalue weighted by atomic mass is 10.1. The van der Waals surface area contributed by atoms with Crippen LogP contribution in [0.15, 0.2) is 12.7 Å². The standard InChI is InChI=1S/C18H31N6O8P/c1-28-6-3-23(4-7-29-2)5-8-30-15-14(32-33(26)27)12(9-25)31-18(15)24-11-22-13-16(19)20-10-21-17(13)24/h10-12,14-15,18,25,33H,3-9H2,1-2H3,(H,26,27)(H2,19,20,21)/t12-,14?,15?,18-/m1/s1. The molecule has 0 aliphatic carbocycles. The van der Waals surface area contributed by atoms with Crippen molar-refractivity contribution in [3.05, 3.63) is 12.7 Å². The van der Waals surface area contributed by atoms with Crippen LogP contribution in [0, 0.1) is 0 Å². The van der Waals surface area contributed by atoms with Crippen molar-refractivity contribution in [2.45, 2.75) is 24.5 Å². The topological polar surface area (TPSA) is 177 Å². The largest absolute Gasteiger partial charge is 0.394 e. The van der Waals surface area contributed by atoms with E-state index in [4.69, 9.17) is 29.2 Å². The average molecular weight is 490 g/mol. The summed E-state index contributed by atoms with van der Waals surface area (Å²) in [6.07, 6.45) is -0.773. The van der Waals surface area contributed by atoms with Crippen LogP contribution in [0.4, 0.5) is 5.82 Å². The zero-order valence-electron chi connectivity index (χ0n) is 18.6. The SMILES string of the molecule is COCCN(CCOC)CCOC1C(O[PH](=O)O)[C@@H](CO)O[C@H]1n1cnc2c(N)ncnc21. The van der Waals surface area contributed by atoms with Crippen LogP contribution < -0.4 is 5.73 Å². The van der Waals surface area contributed by atoms with Crippen LogP contribution in [-0.4, -0.2) is 113 Å². The Morgan fingerprint density at radius 2 is 1.85 bits per heavy atom. The minimum Gasteiger partial charge on any atom is -0.394 e. The highest BCUT2D eigenvalue weighted by molar-refractivity contribution is 7.32. The molecular weight excluding hydrogens is 459 g/mol. The molecule has 0 aromatic carbocycles. The summed E-state index contributed by atoms with van der Waals surface area (Å²) < 4.78 is 40.7. The third kappa shape index (κ3) is 6.44. The first-order chi connectivity index (χ1) is 16.0. The van der Waals surface area contributed by atoms with Gasteiger partial charge in [-0.15, -0.1) is 0 Å². The second kappa shape index (κ2) is 12.6. The molecule has 4 N–H and O–H groups in total. The van der Waals surface area contributed by atoms with Gasteiger partial charge in [-0.1, -0.05) is 0 Å². The van der Waals surface area contributed by atoms with E-state index in [1.54, 1.807) is 18.8 Å². The number of aliphatic hydroxyl groups is 1. The van der Waals surface area contributed by atoms with E-state index in [1.807, 2.05) is 0 Å². The fourth-order valence-corrected chi connectivity index (χ4v) is 4.18. The summed E-state index contributed by atoms with van der Waals surface area (Å²) in [4.78, 5) is 23.9. The molecule has 1 fully saturated rings. The second-order valence-corrected chi connectivity index (χ2v) is 8.11. The predicted molar refractivity (Wildman–Crippen MR) is 117 cm³/mol. The highest BCUT2D eigenvalue weighted by Gasteiger charge is 2.48. The van der Waals surface area contributed by atoms with Gasteiger partial charge in [-0.2, -0.15) is 0 Å². The van der Waals surface area contributed by atoms with E-state index in [-0.39, 0.29) is 12.4 Å². The third-order valence-electron chi connectivity index (χ3n) is 5.30. The van der Waals surface area contributed by atoms with Crippen molar-refractivity contribution in [1.82, 2.24) is 24.4 Å². The van der Waals surface area contributed by atoms with Crippen LogP contribution in [0.5, 0.6) is 0 Å². The van der Waals surface area contributed by atoms with E-state index in [0.717, 1.165) is 0 Å². The maximum atomic E-state index is 11.5. The number of methoxy groups -OCH3 is 2. The number of aliphatic hydroxyl groups excluding tert-OH is 1. The molecular formula is C18H31N6O8P. The molecule has 3 heterocycles. The van der Waals surface area contributed by atoms with Crippen molar-refractivity contribution < 1.29 is 38.0 Å². The zero-order chi connectivity index (χ0) is 23.8. The minimum atomic E-state index is -3.33. The van der Waals surface area contributed by atoms with Crippen molar-refractivity contribution >= 4 is 25.2 Å². The van der Waals surface area contributed by atoms with Gasteiger partial charge in [0.1, 0.15) is 30.2 Å². The first kappa shape index (κ1) is 25.9. The van der Waals surface area contributed by atoms with Crippen LogP contribution in [0.3, 0.4) is 0 Å². The number of rotatable bonds is 14. The summed E-state index contributed by atoms with van der Waals surface area (Å²) in [6, 6.07) is 0. The molecule has 14 nitrogen and oxygen atoms in total. The predicted octanol–water partition coefficient (Wildman–Crippen LogP) is -0.955. The van der Waals surface area contributed by atoms with Gasteiger partial charge < -0.3 is 39.2 Å². The number of ether oxygens (including phenoxy) is 4. The molecule has 2 aromatic heterocycles. The van der Waals surface area contributed by atoms with Crippen LogP contribution in [0.1, 0.15) is 6.23 Å². The van der Waals surface area contributed by atoms with Crippen LogP contribution >= 0.6 is 8.25 Å². The lowest BCUT2D eigenvalue weighted by Gasteiger charge is -2.26. The zero-order valence-corrected chi connectivity index (χ0v) is 19.6. The molecule has 0 radical (unpaired) electrons. The van der Waals surface area contributed by atoms with Crippen molar-refractivity contribution in [2.75, 3.05) is 66.0 Å². The highest BCUT2D eigenvalue weighted by Crippen LogP contribution is 2.38. The van der Waals surface area contributed by atoms with Gasteiger partial charge in [0.15, 0.2) is 17.7 Å². The Labute approximate surface area is 191 Å². The summed E-state index contributed by atoms with van der Waals surface area (Å²) in [6.45, 7) is 2.82. The van der Waals surface area contributed by atoms with Crippen LogP contribution in [-0.2, 0) is 28.0 Å². The Bertz CT molecular complexity index is 896. The quantitative estimate of drug-likeness (QED) is 0.276.